The predicted molar refractivity (Wildman–Crippen MR) is 328 cm³/mol. The van der Waals surface area contributed by atoms with Crippen molar-refractivity contribution in [3.05, 3.63) is 100 Å². The van der Waals surface area contributed by atoms with Crippen LogP contribution >= 0.6 is 15.9 Å². The van der Waals surface area contributed by atoms with Crippen molar-refractivity contribution in [1.29, 1.82) is 0 Å². The minimum atomic E-state index is -3.20. The number of nitrogens with zero attached hydrogens (tertiary/aromatic N) is 11. The molecular weight excluding hydrogens is 1170 g/mol. The number of alkyl halides is 2. The lowest BCUT2D eigenvalue weighted by molar-refractivity contribution is 0.0898. The van der Waals surface area contributed by atoms with E-state index in [1.807, 2.05) is 59.8 Å². The highest BCUT2D eigenvalue weighted by atomic mass is 79.9. The largest absolute Gasteiger partial charge is 0.361 e. The summed E-state index contributed by atoms with van der Waals surface area (Å²) >= 11 is 3.53. The summed E-state index contributed by atoms with van der Waals surface area (Å²) in [5.74, 6) is 0.397. The minimum Gasteiger partial charge on any atom is -0.361 e. The molecule has 81 heavy (non-hydrogen) atoms. The Bertz CT molecular complexity index is 3240. The fourth-order valence-corrected chi connectivity index (χ4v) is 14.3. The van der Waals surface area contributed by atoms with Gasteiger partial charge in [0.25, 0.3) is 0 Å². The second-order valence-electron chi connectivity index (χ2n) is 23.7. The number of hydrogen-bond donors (Lipinski definition) is 1. The Morgan fingerprint density at radius 3 is 1.62 bits per heavy atom. The van der Waals surface area contributed by atoms with Gasteiger partial charge in [0.15, 0.2) is 0 Å². The van der Waals surface area contributed by atoms with Gasteiger partial charge in [-0.05, 0) is 78.0 Å². The highest BCUT2D eigenvalue weighted by Crippen LogP contribution is 2.38. The third kappa shape index (κ3) is 17.2. The fraction of sp³-hybridized carbons (Fsp3) is 0.607. The predicted octanol–water partition coefficient (Wildman–Crippen LogP) is 9.92. The van der Waals surface area contributed by atoms with E-state index in [9.17, 15) is 25.6 Å². The molecule has 1 N–H and O–H groups in total. The number of hydrogen-bond acceptors (Lipinski definition) is 14. The Labute approximate surface area is 489 Å². The molecule has 0 radical (unpaired) electrons. The number of pyridine rings is 2. The number of fused-ring (bicyclic) bond motifs is 4. The lowest BCUT2D eigenvalue weighted by Crippen LogP contribution is -2.43. The van der Waals surface area contributed by atoms with E-state index in [4.69, 9.17) is 9.47 Å². The van der Waals surface area contributed by atoms with Crippen molar-refractivity contribution in [2.75, 3.05) is 70.2 Å². The van der Waals surface area contributed by atoms with Crippen LogP contribution in [0.15, 0.2) is 66.2 Å². The zero-order valence-corrected chi connectivity index (χ0v) is 54.3. The summed E-state index contributed by atoms with van der Waals surface area (Å²) in [7, 11) is -8.48. The van der Waals surface area contributed by atoms with Gasteiger partial charge in [-0.25, -0.2) is 64.1 Å². The molecule has 2 fully saturated rings. The van der Waals surface area contributed by atoms with Crippen molar-refractivity contribution >= 4 is 79.9 Å². The van der Waals surface area contributed by atoms with Gasteiger partial charge >= 0.3 is 0 Å². The van der Waals surface area contributed by atoms with Crippen molar-refractivity contribution in [2.45, 2.75) is 154 Å². The number of rotatable bonds is 17. The number of aromatic nitrogens is 8. The molecule has 2 unspecified atom stereocenters. The number of ether oxygens (including phenoxy) is 2. The molecule has 18 nitrogen and oxygen atoms in total. The van der Waals surface area contributed by atoms with Gasteiger partial charge < -0.3 is 28.8 Å². The highest BCUT2D eigenvalue weighted by molar-refractivity contribution is 9.10. The summed E-state index contributed by atoms with van der Waals surface area (Å²) in [6.07, 6.45) is 17.3. The van der Waals surface area contributed by atoms with E-state index < -0.39 is 49.5 Å². The smallest absolute Gasteiger partial charge is 0.211 e. The van der Waals surface area contributed by atoms with Crippen molar-refractivity contribution in [1.82, 2.24) is 53.0 Å². The zero-order chi connectivity index (χ0) is 58.7. The third-order valence-corrected chi connectivity index (χ3v) is 22.0. The normalized spacial score (nSPS) is 18.8. The van der Waals surface area contributed by atoms with Crippen molar-refractivity contribution in [3.63, 3.8) is 0 Å². The van der Waals surface area contributed by atoms with Gasteiger partial charge in [0.2, 0.25) is 20.0 Å². The molecule has 4 aliphatic heterocycles. The molecule has 10 rings (SSSR count). The first-order chi connectivity index (χ1) is 38.5. The molecule has 0 spiro atoms. The minimum absolute atomic E-state index is 0.148. The molecule has 6 aromatic rings. The molecule has 6 aromatic heterocycles. The van der Waals surface area contributed by atoms with Gasteiger partial charge in [0, 0.05) is 156 Å². The molecule has 0 amide bonds. The van der Waals surface area contributed by atoms with Gasteiger partial charge in [-0.1, -0.05) is 53.1 Å². The maximum atomic E-state index is 14.4. The zero-order valence-electron chi connectivity index (χ0n) is 49.0. The van der Waals surface area contributed by atoms with Crippen LogP contribution < -0.4 is 10.2 Å². The Hall–Kier alpha value is -4.19. The second kappa shape index (κ2) is 28.6. The summed E-state index contributed by atoms with van der Waals surface area (Å²) in [5.41, 5.74) is 8.64. The molecule has 10 heterocycles. The van der Waals surface area contributed by atoms with Crippen LogP contribution in [0.2, 0.25) is 51.4 Å². The standard InChI is InChI=1S/C27H39FN6O3SSi.C14H21FN4O2S.C13H19BrN2OSi.C2H6/c1-38(35,36)33-11-6-20(7-12-33)26-23-17-34(21(16-28)15-24(23)30-18-31-26)25-5-9-29-27-22(25)8-10-32(27)19-37-13-14-39(2,3)4;1-22(20,21)19-4-2-10(3-5-19)14-12-8-16-11(7-15)6-13(12)17-9-18-14;1-18(2,3)9-8-17-10-16-7-5-11-12(14)4-6-15-13(11)16;1-2/h5,8-10,18,20-21H,6-7,11-17,19H2,1-4H3;9-11,16H,2-8H2,1H3;4-7H,8-10H2,1-3H3;1-2H3. The number of sulfonamides is 2. The van der Waals surface area contributed by atoms with Gasteiger partial charge in [-0.15, -0.1) is 0 Å². The van der Waals surface area contributed by atoms with E-state index in [-0.39, 0.29) is 23.9 Å². The van der Waals surface area contributed by atoms with Crippen molar-refractivity contribution < 1.29 is 35.1 Å². The molecular formula is C56H85BrF2N12O6S2Si2. The fourth-order valence-electron chi connectivity index (χ4n) is 10.7. The summed E-state index contributed by atoms with van der Waals surface area (Å²) in [4.78, 5) is 29.1. The van der Waals surface area contributed by atoms with Gasteiger partial charge in [0.05, 0.1) is 41.3 Å². The summed E-state index contributed by atoms with van der Waals surface area (Å²) in [5, 5.41) is 5.27. The van der Waals surface area contributed by atoms with E-state index in [2.05, 4.69) is 101 Å². The van der Waals surface area contributed by atoms with Crippen LogP contribution in [0.1, 0.15) is 85.3 Å². The Morgan fingerprint density at radius 1 is 0.642 bits per heavy atom. The SMILES string of the molecule is CC.CS(=O)(=O)N1CCC(c2ncnc3c2CNC(CF)C3)CC1.C[Si](C)(C)CCOCn1ccc2c(Br)ccnc21.C[Si](C)(C)CCOCn1ccc2c(N3Cc4c(ncnc4C4CCN(S(C)(=O)=O)CC4)CC3CF)ccnc21. The highest BCUT2D eigenvalue weighted by Gasteiger charge is 2.35. The van der Waals surface area contributed by atoms with Crippen LogP contribution in [0, 0.1) is 0 Å². The van der Waals surface area contributed by atoms with E-state index in [1.54, 1.807) is 18.9 Å². The average molecular weight is 1260 g/mol. The lowest BCUT2D eigenvalue weighted by Gasteiger charge is -2.39. The molecule has 25 heteroatoms. The lowest BCUT2D eigenvalue weighted by atomic mass is 9.87. The number of anilines is 1. The van der Waals surface area contributed by atoms with E-state index in [1.165, 1.54) is 27.2 Å². The first-order valence-electron chi connectivity index (χ1n) is 28.4. The summed E-state index contributed by atoms with van der Waals surface area (Å²) < 4.78 is 94.3. The van der Waals surface area contributed by atoms with Crippen LogP contribution in [0.3, 0.4) is 0 Å². The Morgan fingerprint density at radius 2 is 1.12 bits per heavy atom. The summed E-state index contributed by atoms with van der Waals surface area (Å²) in [6.45, 7) is 22.9. The van der Waals surface area contributed by atoms with Crippen LogP contribution in [0.25, 0.3) is 22.1 Å². The van der Waals surface area contributed by atoms with E-state index in [0.717, 1.165) is 98.2 Å². The van der Waals surface area contributed by atoms with Gasteiger partial charge in [-0.2, -0.15) is 0 Å². The summed E-state index contributed by atoms with van der Waals surface area (Å²) in [6, 6.07) is 9.81. The van der Waals surface area contributed by atoms with Crippen LogP contribution in [-0.2, 0) is 68.9 Å². The molecule has 0 aliphatic carbocycles. The second-order valence-corrected chi connectivity index (χ2v) is 39.7. The van der Waals surface area contributed by atoms with Crippen LogP contribution in [-0.4, -0.2) is 158 Å². The van der Waals surface area contributed by atoms with Gasteiger partial charge in [-0.3, -0.25) is 0 Å². The molecule has 446 valence electrons. The number of piperidine rings is 2. The molecule has 4 aliphatic rings. The quantitative estimate of drug-likeness (QED) is 0.0669. The van der Waals surface area contributed by atoms with Crippen LogP contribution in [0.5, 0.6) is 0 Å². The average Bonchev–Trinajstić information content (AvgIpc) is 4.31. The first-order valence-corrected chi connectivity index (χ1v) is 40.3. The first kappa shape index (κ1) is 64.4. The third-order valence-electron chi connectivity index (χ3n) is 15.3. The maximum absolute atomic E-state index is 14.4. The molecule has 0 saturated carbocycles. The van der Waals surface area contributed by atoms with Crippen molar-refractivity contribution in [2.24, 2.45) is 0 Å². The van der Waals surface area contributed by atoms with Crippen LogP contribution in [0.4, 0.5) is 14.5 Å². The number of nitrogens with one attached hydrogen (secondary N) is 1. The monoisotopic (exact) mass is 1260 g/mol. The van der Waals surface area contributed by atoms with E-state index >= 15 is 0 Å². The van der Waals surface area contributed by atoms with Gasteiger partial charge in [0.1, 0.15) is 50.8 Å². The Balaban J connectivity index is 0.000000190. The Kier molecular flexibility index (Phi) is 22.7. The topological polar surface area (TPSA) is 196 Å². The maximum Gasteiger partial charge on any atom is 0.211 e. The molecule has 0 aromatic carbocycles. The number of halogens is 3. The van der Waals surface area contributed by atoms with Crippen molar-refractivity contribution in [3.8, 4) is 0 Å². The van der Waals surface area contributed by atoms with E-state index in [0.29, 0.717) is 78.4 Å². The molecule has 0 bridgehead atoms. The molecule has 2 saturated heterocycles. The molecule has 2 atom stereocenters.